The Hall–Kier alpha value is -1.06. The molecule has 1 unspecified atom stereocenters. The van der Waals surface area contributed by atoms with Crippen molar-refractivity contribution in [3.63, 3.8) is 0 Å². The summed E-state index contributed by atoms with van der Waals surface area (Å²) >= 11 is 0. The van der Waals surface area contributed by atoms with Gasteiger partial charge in [-0.15, -0.1) is 0 Å². The average molecular weight is 291 g/mol. The highest BCUT2D eigenvalue weighted by molar-refractivity contribution is 5.39. The lowest BCUT2D eigenvalue weighted by molar-refractivity contribution is 0.181. The van der Waals surface area contributed by atoms with Crippen LogP contribution < -0.4 is 10.5 Å². The highest BCUT2D eigenvalue weighted by atomic mass is 16.5. The summed E-state index contributed by atoms with van der Waals surface area (Å²) in [5.74, 6) is 0.937. The number of benzene rings is 1. The van der Waals surface area contributed by atoms with Crippen LogP contribution in [0.25, 0.3) is 0 Å². The Labute approximate surface area is 128 Å². The molecule has 21 heavy (non-hydrogen) atoms. The summed E-state index contributed by atoms with van der Waals surface area (Å²) in [5.41, 5.74) is 8.33. The lowest BCUT2D eigenvalue weighted by Gasteiger charge is -2.33. The zero-order chi connectivity index (χ0) is 15.1. The van der Waals surface area contributed by atoms with Crippen LogP contribution in [0.2, 0.25) is 0 Å². The number of unbranched alkanes of at least 4 members (excludes halogenated alkanes) is 4. The van der Waals surface area contributed by atoms with Gasteiger partial charge in [-0.3, -0.25) is 0 Å². The highest BCUT2D eigenvalue weighted by Crippen LogP contribution is 2.29. The number of rotatable bonds is 8. The summed E-state index contributed by atoms with van der Waals surface area (Å²) in [5, 5.41) is 9.43. The normalized spacial score (nSPS) is 21.1. The lowest BCUT2D eigenvalue weighted by Crippen LogP contribution is -2.48. The monoisotopic (exact) mass is 291 g/mol. The van der Waals surface area contributed by atoms with Crippen molar-refractivity contribution in [1.82, 2.24) is 0 Å². The third-order valence-electron chi connectivity index (χ3n) is 4.44. The molecule has 0 fully saturated rings. The molecule has 118 valence electrons. The van der Waals surface area contributed by atoms with E-state index in [-0.39, 0.29) is 6.61 Å². The largest absolute Gasteiger partial charge is 0.494 e. The van der Waals surface area contributed by atoms with Crippen molar-refractivity contribution < 1.29 is 9.84 Å². The number of aliphatic hydroxyl groups excluding tert-OH is 1. The van der Waals surface area contributed by atoms with Gasteiger partial charge in [0.25, 0.3) is 0 Å². The quantitative estimate of drug-likeness (QED) is 0.723. The van der Waals surface area contributed by atoms with E-state index in [1.54, 1.807) is 0 Å². The first-order chi connectivity index (χ1) is 10.2. The molecule has 3 nitrogen and oxygen atoms in total. The topological polar surface area (TPSA) is 55.5 Å². The van der Waals surface area contributed by atoms with Crippen LogP contribution in [0.5, 0.6) is 5.75 Å². The number of fused-ring (bicyclic) bond motifs is 1. The molecule has 1 aliphatic carbocycles. The van der Waals surface area contributed by atoms with Crippen LogP contribution in [0.3, 0.4) is 0 Å². The van der Waals surface area contributed by atoms with Crippen LogP contribution in [0.1, 0.15) is 56.6 Å². The number of ether oxygens (including phenoxy) is 1. The third kappa shape index (κ3) is 4.72. The fraction of sp³-hybridized carbons (Fsp3) is 0.667. The fourth-order valence-electron chi connectivity index (χ4n) is 2.98. The van der Waals surface area contributed by atoms with Gasteiger partial charge in [0.05, 0.1) is 13.2 Å². The summed E-state index contributed by atoms with van der Waals surface area (Å²) < 4.78 is 5.85. The molecule has 0 aliphatic heterocycles. The van der Waals surface area contributed by atoms with E-state index in [0.717, 1.165) is 38.0 Å². The number of hydrogen-bond acceptors (Lipinski definition) is 3. The lowest BCUT2D eigenvalue weighted by atomic mass is 9.79. The highest BCUT2D eigenvalue weighted by Gasteiger charge is 2.29. The first kappa shape index (κ1) is 16.3. The smallest absolute Gasteiger partial charge is 0.119 e. The van der Waals surface area contributed by atoms with Crippen molar-refractivity contribution in [3.05, 3.63) is 29.3 Å². The van der Waals surface area contributed by atoms with E-state index < -0.39 is 5.54 Å². The first-order valence-electron chi connectivity index (χ1n) is 8.31. The number of hydrogen-bond donors (Lipinski definition) is 2. The number of aryl methyl sites for hydroxylation is 1. The molecule has 0 aromatic heterocycles. The second-order valence-corrected chi connectivity index (χ2v) is 6.39. The molecule has 2 rings (SSSR count). The molecule has 0 saturated carbocycles. The Morgan fingerprint density at radius 1 is 1.19 bits per heavy atom. The van der Waals surface area contributed by atoms with Crippen molar-refractivity contribution in [2.75, 3.05) is 13.2 Å². The SMILES string of the molecule is CCCCCCCOc1ccc2c(c1)CC(N)(CO)CC2. The molecule has 3 N–H and O–H groups in total. The van der Waals surface area contributed by atoms with E-state index in [4.69, 9.17) is 10.5 Å². The van der Waals surface area contributed by atoms with E-state index in [9.17, 15) is 5.11 Å². The third-order valence-corrected chi connectivity index (χ3v) is 4.44. The molecule has 0 radical (unpaired) electrons. The van der Waals surface area contributed by atoms with Gasteiger partial charge in [-0.25, -0.2) is 0 Å². The Morgan fingerprint density at radius 3 is 2.76 bits per heavy atom. The maximum atomic E-state index is 9.43. The van der Waals surface area contributed by atoms with Crippen LogP contribution in [0, 0.1) is 0 Å². The summed E-state index contributed by atoms with van der Waals surface area (Å²) in [4.78, 5) is 0. The van der Waals surface area contributed by atoms with Crippen molar-refractivity contribution in [3.8, 4) is 5.75 Å². The zero-order valence-electron chi connectivity index (χ0n) is 13.2. The minimum atomic E-state index is -0.453. The first-order valence-corrected chi connectivity index (χ1v) is 8.31. The Morgan fingerprint density at radius 2 is 2.00 bits per heavy atom. The summed E-state index contributed by atoms with van der Waals surface area (Å²) in [6.45, 7) is 3.07. The van der Waals surface area contributed by atoms with Crippen LogP contribution in [0.15, 0.2) is 18.2 Å². The molecule has 0 saturated heterocycles. The van der Waals surface area contributed by atoms with Gasteiger partial charge in [0, 0.05) is 5.54 Å². The maximum Gasteiger partial charge on any atom is 0.119 e. The molecular weight excluding hydrogens is 262 g/mol. The molecule has 1 aromatic rings. The minimum Gasteiger partial charge on any atom is -0.494 e. The van der Waals surface area contributed by atoms with Gasteiger partial charge in [-0.1, -0.05) is 38.7 Å². The maximum absolute atomic E-state index is 9.43. The van der Waals surface area contributed by atoms with Crippen molar-refractivity contribution in [2.24, 2.45) is 5.73 Å². The summed E-state index contributed by atoms with van der Waals surface area (Å²) in [7, 11) is 0. The average Bonchev–Trinajstić information content (AvgIpc) is 2.50. The Bertz CT molecular complexity index is 447. The van der Waals surface area contributed by atoms with Crippen LogP contribution in [-0.2, 0) is 12.8 Å². The summed E-state index contributed by atoms with van der Waals surface area (Å²) in [6.07, 6.45) is 8.81. The molecule has 1 aliphatic rings. The molecule has 0 amide bonds. The van der Waals surface area contributed by atoms with E-state index in [0.29, 0.717) is 0 Å². The van der Waals surface area contributed by atoms with Crippen LogP contribution in [0.4, 0.5) is 0 Å². The predicted molar refractivity (Wildman–Crippen MR) is 86.7 cm³/mol. The van der Waals surface area contributed by atoms with Crippen molar-refractivity contribution >= 4 is 0 Å². The standard InChI is InChI=1S/C18H29NO2/c1-2-3-4-5-6-11-21-17-8-7-15-9-10-18(19,14-20)13-16(15)12-17/h7-8,12,20H,2-6,9-11,13-14,19H2,1H3. The van der Waals surface area contributed by atoms with Gasteiger partial charge in [-0.05, 0) is 48.9 Å². The number of aliphatic hydroxyl groups is 1. The zero-order valence-corrected chi connectivity index (χ0v) is 13.2. The fourth-order valence-corrected chi connectivity index (χ4v) is 2.98. The van der Waals surface area contributed by atoms with E-state index in [1.807, 2.05) is 0 Å². The molecule has 1 aromatic carbocycles. The minimum absolute atomic E-state index is 0.0505. The van der Waals surface area contributed by atoms with Crippen LogP contribution in [-0.4, -0.2) is 23.9 Å². The van der Waals surface area contributed by atoms with Gasteiger partial charge < -0.3 is 15.6 Å². The number of nitrogens with two attached hydrogens (primary N) is 1. The molecule has 0 spiro atoms. The molecule has 3 heteroatoms. The van der Waals surface area contributed by atoms with Gasteiger partial charge >= 0.3 is 0 Å². The molecule has 0 bridgehead atoms. The van der Waals surface area contributed by atoms with Crippen molar-refractivity contribution in [2.45, 2.75) is 63.8 Å². The second kappa shape index (κ2) is 7.81. The van der Waals surface area contributed by atoms with E-state index in [2.05, 4.69) is 25.1 Å². The second-order valence-electron chi connectivity index (χ2n) is 6.39. The molecule has 0 heterocycles. The van der Waals surface area contributed by atoms with Gasteiger partial charge in [-0.2, -0.15) is 0 Å². The predicted octanol–water partition coefficient (Wildman–Crippen LogP) is 3.21. The van der Waals surface area contributed by atoms with E-state index in [1.165, 1.54) is 36.8 Å². The molecule has 1 atom stereocenters. The van der Waals surface area contributed by atoms with Crippen molar-refractivity contribution in [1.29, 1.82) is 0 Å². The van der Waals surface area contributed by atoms with Crippen LogP contribution >= 0.6 is 0 Å². The Balaban J connectivity index is 1.84. The van der Waals surface area contributed by atoms with Gasteiger partial charge in [0.15, 0.2) is 0 Å². The van der Waals surface area contributed by atoms with Gasteiger partial charge in [0.2, 0.25) is 0 Å². The summed E-state index contributed by atoms with van der Waals surface area (Å²) in [6, 6.07) is 6.32. The van der Waals surface area contributed by atoms with Gasteiger partial charge in [0.1, 0.15) is 5.75 Å². The Kier molecular flexibility index (Phi) is 6.07. The van der Waals surface area contributed by atoms with E-state index >= 15 is 0 Å². The molecular formula is C18H29NO2.